The van der Waals surface area contributed by atoms with Crippen molar-refractivity contribution in [3.63, 3.8) is 0 Å². The molecule has 2 aliphatic heterocycles. The fourth-order valence-electron chi connectivity index (χ4n) is 4.09. The topological polar surface area (TPSA) is 62.0 Å². The molecule has 1 atom stereocenters. The van der Waals surface area contributed by atoms with Gasteiger partial charge in [-0.25, -0.2) is 0 Å². The number of aromatic nitrogens is 2. The van der Waals surface area contributed by atoms with Gasteiger partial charge in [0, 0.05) is 31.7 Å². The van der Waals surface area contributed by atoms with Crippen LogP contribution in [0.1, 0.15) is 36.1 Å². The summed E-state index contributed by atoms with van der Waals surface area (Å²) in [6.45, 7) is 4.68. The van der Waals surface area contributed by atoms with Crippen molar-refractivity contribution < 1.29 is 17.9 Å². The molecule has 3 rings (SSSR count). The molecule has 8 heteroatoms. The Morgan fingerprint density at radius 2 is 1.92 bits per heavy atom. The zero-order valence-electron chi connectivity index (χ0n) is 14.4. The van der Waals surface area contributed by atoms with Crippen LogP contribution < -0.4 is 4.90 Å². The van der Waals surface area contributed by atoms with Crippen molar-refractivity contribution in [3.8, 4) is 6.07 Å². The Labute approximate surface area is 144 Å². The summed E-state index contributed by atoms with van der Waals surface area (Å²) in [6, 6.07) is 2.14. The Morgan fingerprint density at radius 3 is 2.52 bits per heavy atom. The Kier molecular flexibility index (Phi) is 4.62. The Balaban J connectivity index is 1.97. The Hall–Kier alpha value is -1.88. The van der Waals surface area contributed by atoms with E-state index in [1.165, 1.54) is 0 Å². The second kappa shape index (κ2) is 6.45. The lowest BCUT2D eigenvalue weighted by atomic mass is 9.65. The van der Waals surface area contributed by atoms with Crippen molar-refractivity contribution in [1.29, 1.82) is 5.26 Å². The highest BCUT2D eigenvalue weighted by Crippen LogP contribution is 2.51. The van der Waals surface area contributed by atoms with E-state index in [0.717, 1.165) is 5.56 Å². The van der Waals surface area contributed by atoms with Gasteiger partial charge in [-0.05, 0) is 38.7 Å². The van der Waals surface area contributed by atoms with E-state index in [1.54, 1.807) is 13.8 Å². The zero-order valence-corrected chi connectivity index (χ0v) is 14.4. The van der Waals surface area contributed by atoms with Gasteiger partial charge in [-0.15, -0.1) is 5.10 Å². The molecule has 1 aromatic rings. The van der Waals surface area contributed by atoms with E-state index in [4.69, 9.17) is 4.74 Å². The van der Waals surface area contributed by atoms with Gasteiger partial charge in [-0.1, -0.05) is 0 Å². The van der Waals surface area contributed by atoms with E-state index in [1.807, 2.05) is 4.90 Å². The summed E-state index contributed by atoms with van der Waals surface area (Å²) >= 11 is 0. The normalized spacial score (nSPS) is 23.5. The fraction of sp³-hybridized carbons (Fsp3) is 0.706. The second-order valence-corrected chi connectivity index (χ2v) is 7.00. The summed E-state index contributed by atoms with van der Waals surface area (Å²) < 4.78 is 46.2. The summed E-state index contributed by atoms with van der Waals surface area (Å²) in [5.74, 6) is -0.942. The highest BCUT2D eigenvalue weighted by molar-refractivity contribution is 5.58. The van der Waals surface area contributed by atoms with Crippen LogP contribution >= 0.6 is 0 Å². The molecule has 1 spiro atoms. The van der Waals surface area contributed by atoms with Crippen molar-refractivity contribution in [3.05, 3.63) is 16.8 Å². The van der Waals surface area contributed by atoms with Crippen LogP contribution in [0.15, 0.2) is 0 Å². The molecule has 136 valence electrons. The van der Waals surface area contributed by atoms with Gasteiger partial charge in [0.15, 0.2) is 5.82 Å². The number of ether oxygens (including phenoxy) is 1. The third-order valence-electron chi connectivity index (χ3n) is 5.66. The van der Waals surface area contributed by atoms with Crippen molar-refractivity contribution in [2.75, 3.05) is 31.2 Å². The van der Waals surface area contributed by atoms with E-state index < -0.39 is 17.5 Å². The molecule has 0 radical (unpaired) electrons. The minimum absolute atomic E-state index is 0.00295. The standard InChI is InChI=1S/C17H21F3N4O/c1-11-12(2)22-23-15(13(11)9-21)24-6-3-14(17(18,19)20)16(10-24)4-7-25-8-5-16/h14H,3-8,10H2,1-2H3. The average molecular weight is 354 g/mol. The zero-order chi connectivity index (χ0) is 18.2. The van der Waals surface area contributed by atoms with E-state index >= 15 is 0 Å². The van der Waals surface area contributed by atoms with Gasteiger partial charge in [0.2, 0.25) is 0 Å². The number of hydrogen-bond acceptors (Lipinski definition) is 5. The minimum Gasteiger partial charge on any atom is -0.381 e. The van der Waals surface area contributed by atoms with Gasteiger partial charge < -0.3 is 9.64 Å². The van der Waals surface area contributed by atoms with Crippen LogP contribution in [-0.2, 0) is 4.74 Å². The van der Waals surface area contributed by atoms with Crippen LogP contribution in [0, 0.1) is 36.5 Å². The van der Waals surface area contributed by atoms with E-state index in [-0.39, 0.29) is 19.5 Å². The molecule has 3 heterocycles. The largest absolute Gasteiger partial charge is 0.392 e. The third-order valence-corrected chi connectivity index (χ3v) is 5.66. The highest BCUT2D eigenvalue weighted by Gasteiger charge is 2.56. The van der Waals surface area contributed by atoms with Crippen LogP contribution in [0.4, 0.5) is 19.0 Å². The average Bonchev–Trinajstić information content (AvgIpc) is 2.56. The van der Waals surface area contributed by atoms with Crippen LogP contribution in [-0.4, -0.2) is 42.7 Å². The molecule has 0 N–H and O–H groups in total. The number of hydrogen-bond donors (Lipinski definition) is 0. The number of anilines is 1. The van der Waals surface area contributed by atoms with Crippen molar-refractivity contribution in [1.82, 2.24) is 10.2 Å². The first-order valence-electron chi connectivity index (χ1n) is 8.42. The quantitative estimate of drug-likeness (QED) is 0.775. The molecule has 25 heavy (non-hydrogen) atoms. The maximum atomic E-state index is 13.6. The molecular formula is C17H21F3N4O. The fourth-order valence-corrected chi connectivity index (χ4v) is 4.09. The van der Waals surface area contributed by atoms with Gasteiger partial charge in [0.05, 0.1) is 11.6 Å². The number of halogens is 3. The molecule has 5 nitrogen and oxygen atoms in total. The first-order valence-corrected chi connectivity index (χ1v) is 8.42. The van der Waals surface area contributed by atoms with Gasteiger partial charge in [0.1, 0.15) is 11.6 Å². The number of aryl methyl sites for hydroxylation is 1. The SMILES string of the molecule is Cc1nnc(N2CCC(C(F)(F)F)C3(CCOCC3)C2)c(C#N)c1C. The molecule has 2 aliphatic rings. The van der Waals surface area contributed by atoms with Crippen LogP contribution in [0.3, 0.4) is 0 Å². The molecule has 1 unspecified atom stereocenters. The van der Waals surface area contributed by atoms with Crippen LogP contribution in [0.25, 0.3) is 0 Å². The number of rotatable bonds is 1. The summed E-state index contributed by atoms with van der Waals surface area (Å²) in [5.41, 5.74) is 0.903. The Morgan fingerprint density at radius 1 is 1.24 bits per heavy atom. The molecule has 0 amide bonds. The maximum absolute atomic E-state index is 13.6. The van der Waals surface area contributed by atoms with Crippen molar-refractivity contribution >= 4 is 5.82 Å². The lowest BCUT2D eigenvalue weighted by molar-refractivity contribution is -0.223. The van der Waals surface area contributed by atoms with Gasteiger partial charge in [-0.2, -0.15) is 23.5 Å². The molecule has 0 saturated carbocycles. The lowest BCUT2D eigenvalue weighted by Crippen LogP contribution is -2.56. The van der Waals surface area contributed by atoms with Crippen molar-refractivity contribution in [2.24, 2.45) is 11.3 Å². The number of piperidine rings is 1. The molecular weight excluding hydrogens is 333 g/mol. The summed E-state index contributed by atoms with van der Waals surface area (Å²) in [7, 11) is 0. The number of alkyl halides is 3. The summed E-state index contributed by atoms with van der Waals surface area (Å²) in [5, 5.41) is 17.7. The molecule has 0 bridgehead atoms. The smallest absolute Gasteiger partial charge is 0.381 e. The minimum atomic E-state index is -4.23. The molecule has 2 fully saturated rings. The first-order chi connectivity index (χ1) is 11.8. The second-order valence-electron chi connectivity index (χ2n) is 7.00. The van der Waals surface area contributed by atoms with E-state index in [2.05, 4.69) is 16.3 Å². The highest BCUT2D eigenvalue weighted by atomic mass is 19.4. The first kappa shape index (κ1) is 17.9. The van der Waals surface area contributed by atoms with Crippen molar-refractivity contribution in [2.45, 2.75) is 39.3 Å². The van der Waals surface area contributed by atoms with Crippen LogP contribution in [0.2, 0.25) is 0 Å². The molecule has 2 saturated heterocycles. The van der Waals surface area contributed by atoms with Gasteiger partial charge >= 0.3 is 6.18 Å². The van der Waals surface area contributed by atoms with Crippen LogP contribution in [0.5, 0.6) is 0 Å². The molecule has 0 aromatic carbocycles. The van der Waals surface area contributed by atoms with Gasteiger partial charge in [0.25, 0.3) is 0 Å². The van der Waals surface area contributed by atoms with E-state index in [9.17, 15) is 18.4 Å². The van der Waals surface area contributed by atoms with Gasteiger partial charge in [-0.3, -0.25) is 0 Å². The predicted octanol–water partition coefficient (Wildman–Crippen LogP) is 3.15. The Bertz CT molecular complexity index is 692. The number of nitriles is 1. The third kappa shape index (κ3) is 3.17. The maximum Gasteiger partial charge on any atom is 0.392 e. The number of nitrogens with zero attached hydrogens (tertiary/aromatic N) is 4. The van der Waals surface area contributed by atoms with E-state index in [0.29, 0.717) is 43.1 Å². The monoisotopic (exact) mass is 354 g/mol. The summed E-state index contributed by atoms with van der Waals surface area (Å²) in [6.07, 6.45) is -3.49. The molecule has 0 aliphatic carbocycles. The molecule has 1 aromatic heterocycles. The summed E-state index contributed by atoms with van der Waals surface area (Å²) in [4.78, 5) is 1.81. The predicted molar refractivity (Wildman–Crippen MR) is 85.1 cm³/mol. The lowest BCUT2D eigenvalue weighted by Gasteiger charge is -2.51.